The second-order valence-electron chi connectivity index (χ2n) is 6.13. The fourth-order valence-electron chi connectivity index (χ4n) is 3.15. The van der Waals surface area contributed by atoms with Gasteiger partial charge in [-0.05, 0) is 38.2 Å². The molecule has 3 rings (SSSR count). The van der Waals surface area contributed by atoms with Crippen molar-refractivity contribution in [2.45, 2.75) is 56.0 Å². The summed E-state index contributed by atoms with van der Waals surface area (Å²) in [6.07, 6.45) is 7.16. The lowest BCUT2D eigenvalue weighted by molar-refractivity contribution is -0.139. The Bertz CT molecular complexity index is 869. The molecule has 1 aliphatic carbocycles. The molecule has 0 N–H and O–H groups in total. The lowest BCUT2D eigenvalue weighted by atomic mass is 10.1. The molecule has 1 atom stereocenters. The van der Waals surface area contributed by atoms with E-state index < -0.39 is 5.25 Å². The van der Waals surface area contributed by atoms with E-state index in [1.54, 1.807) is 28.9 Å². The van der Waals surface area contributed by atoms with E-state index in [0.29, 0.717) is 11.7 Å². The molecule has 1 aliphatic rings. The predicted molar refractivity (Wildman–Crippen MR) is 103 cm³/mol. The number of aromatic nitrogens is 2. The predicted octanol–water partition coefficient (Wildman–Crippen LogP) is 3.57. The Hall–Kier alpha value is -1.60. The smallest absolute Gasteiger partial charge is 0.318 e. The summed E-state index contributed by atoms with van der Waals surface area (Å²) in [7, 11) is 1.36. The lowest BCUT2D eigenvalue weighted by Crippen LogP contribution is -2.25. The number of fused-ring (bicyclic) bond motifs is 3. The van der Waals surface area contributed by atoms with E-state index in [0.717, 1.165) is 29.5 Å². The van der Waals surface area contributed by atoms with Crippen LogP contribution in [0.5, 0.6) is 0 Å². The minimum atomic E-state index is -0.428. The summed E-state index contributed by atoms with van der Waals surface area (Å²) < 4.78 is 6.41. The molecule has 0 bridgehead atoms. The molecule has 0 saturated heterocycles. The van der Waals surface area contributed by atoms with Crippen molar-refractivity contribution >= 4 is 39.3 Å². The summed E-state index contributed by atoms with van der Waals surface area (Å²) in [6, 6.07) is 0. The SMILES string of the molecule is C=CCn1c(S[C@@H](C)C(=O)OC)nc2sc3c(c2c1=O)CCCCC3. The second-order valence-corrected chi connectivity index (χ2v) is 8.52. The van der Waals surface area contributed by atoms with Gasteiger partial charge in [-0.1, -0.05) is 24.3 Å². The van der Waals surface area contributed by atoms with Gasteiger partial charge in [-0.15, -0.1) is 17.9 Å². The molecule has 2 aromatic rings. The zero-order chi connectivity index (χ0) is 18.0. The van der Waals surface area contributed by atoms with Crippen LogP contribution < -0.4 is 5.56 Å². The zero-order valence-electron chi connectivity index (χ0n) is 14.5. The van der Waals surface area contributed by atoms with Crippen LogP contribution in [0.4, 0.5) is 0 Å². The molecule has 5 nitrogen and oxygen atoms in total. The van der Waals surface area contributed by atoms with Crippen LogP contribution >= 0.6 is 23.1 Å². The molecule has 134 valence electrons. The van der Waals surface area contributed by atoms with Gasteiger partial charge in [-0.2, -0.15) is 0 Å². The topological polar surface area (TPSA) is 61.2 Å². The van der Waals surface area contributed by atoms with Gasteiger partial charge >= 0.3 is 5.97 Å². The van der Waals surface area contributed by atoms with Crippen molar-refractivity contribution < 1.29 is 9.53 Å². The molecule has 0 fully saturated rings. The maximum absolute atomic E-state index is 13.2. The maximum Gasteiger partial charge on any atom is 0.318 e. The first-order chi connectivity index (χ1) is 12.1. The number of hydrogen-bond acceptors (Lipinski definition) is 6. The van der Waals surface area contributed by atoms with Crippen LogP contribution in [0.3, 0.4) is 0 Å². The van der Waals surface area contributed by atoms with E-state index in [2.05, 4.69) is 6.58 Å². The second kappa shape index (κ2) is 7.74. The number of nitrogens with zero attached hydrogens (tertiary/aromatic N) is 2. The monoisotopic (exact) mass is 378 g/mol. The number of rotatable bonds is 5. The molecule has 2 aromatic heterocycles. The standard InChI is InChI=1S/C18H22N2O3S2/c1-4-10-20-16(21)14-12-8-6-5-7-9-13(12)25-15(14)19-18(20)24-11(2)17(22)23-3/h4,11H,1,5-10H2,2-3H3/t11-/m0/s1. The highest BCUT2D eigenvalue weighted by atomic mass is 32.2. The van der Waals surface area contributed by atoms with Gasteiger partial charge in [0.2, 0.25) is 0 Å². The highest BCUT2D eigenvalue weighted by Crippen LogP contribution is 2.34. The Labute approximate surface area is 155 Å². The van der Waals surface area contributed by atoms with Crippen molar-refractivity contribution in [3.8, 4) is 0 Å². The third kappa shape index (κ3) is 3.53. The number of aryl methyl sites for hydroxylation is 2. The molecule has 7 heteroatoms. The van der Waals surface area contributed by atoms with Crippen molar-refractivity contribution in [2.75, 3.05) is 7.11 Å². The highest BCUT2D eigenvalue weighted by molar-refractivity contribution is 8.00. The Kier molecular flexibility index (Phi) is 5.64. The van der Waals surface area contributed by atoms with E-state index in [9.17, 15) is 9.59 Å². The van der Waals surface area contributed by atoms with Crippen molar-refractivity contribution in [1.29, 1.82) is 0 Å². The zero-order valence-corrected chi connectivity index (χ0v) is 16.2. The van der Waals surface area contributed by atoms with Crippen molar-refractivity contribution in [3.05, 3.63) is 33.4 Å². The minimum Gasteiger partial charge on any atom is -0.468 e. The summed E-state index contributed by atoms with van der Waals surface area (Å²) in [5, 5.41) is 0.883. The molecule has 0 radical (unpaired) electrons. The van der Waals surface area contributed by atoms with Crippen LogP contribution in [0.1, 0.15) is 36.6 Å². The molecule has 0 saturated carbocycles. The fourth-order valence-corrected chi connectivity index (χ4v) is 5.40. The van der Waals surface area contributed by atoms with Gasteiger partial charge in [0.1, 0.15) is 10.1 Å². The van der Waals surface area contributed by atoms with Gasteiger partial charge in [0.15, 0.2) is 5.16 Å². The molecule has 0 unspecified atom stereocenters. The summed E-state index contributed by atoms with van der Waals surface area (Å²) >= 11 is 2.89. The number of hydrogen-bond donors (Lipinski definition) is 0. The van der Waals surface area contributed by atoms with Gasteiger partial charge in [-0.3, -0.25) is 14.2 Å². The van der Waals surface area contributed by atoms with E-state index in [1.807, 2.05) is 0 Å². The first kappa shape index (κ1) is 18.2. The molecule has 0 spiro atoms. The van der Waals surface area contributed by atoms with Gasteiger partial charge in [0, 0.05) is 11.4 Å². The Morgan fingerprint density at radius 1 is 1.44 bits per heavy atom. The van der Waals surface area contributed by atoms with Gasteiger partial charge in [-0.25, -0.2) is 4.98 Å². The van der Waals surface area contributed by atoms with Crippen LogP contribution in [0.2, 0.25) is 0 Å². The Morgan fingerprint density at radius 2 is 2.20 bits per heavy atom. The average Bonchev–Trinajstić information content (AvgIpc) is 2.78. The van der Waals surface area contributed by atoms with Crippen molar-refractivity contribution in [3.63, 3.8) is 0 Å². The van der Waals surface area contributed by atoms with E-state index >= 15 is 0 Å². The minimum absolute atomic E-state index is 0.0242. The van der Waals surface area contributed by atoms with Crippen LogP contribution in [0.15, 0.2) is 22.6 Å². The number of thioether (sulfide) groups is 1. The van der Waals surface area contributed by atoms with Gasteiger partial charge in [0.25, 0.3) is 5.56 Å². The normalized spacial score (nSPS) is 15.4. The summed E-state index contributed by atoms with van der Waals surface area (Å²) in [5.74, 6) is -0.327. The number of esters is 1. The summed E-state index contributed by atoms with van der Waals surface area (Å²) in [6.45, 7) is 5.89. The molecular weight excluding hydrogens is 356 g/mol. The van der Waals surface area contributed by atoms with Gasteiger partial charge < -0.3 is 4.74 Å². The maximum atomic E-state index is 13.2. The van der Waals surface area contributed by atoms with E-state index in [4.69, 9.17) is 9.72 Å². The Balaban J connectivity index is 2.14. The van der Waals surface area contributed by atoms with Gasteiger partial charge in [0.05, 0.1) is 12.5 Å². The molecule has 0 aromatic carbocycles. The largest absolute Gasteiger partial charge is 0.468 e. The first-order valence-corrected chi connectivity index (χ1v) is 10.2. The number of allylic oxidation sites excluding steroid dienone is 1. The Morgan fingerprint density at radius 3 is 2.92 bits per heavy atom. The van der Waals surface area contributed by atoms with E-state index in [-0.39, 0.29) is 11.5 Å². The molecule has 2 heterocycles. The van der Waals surface area contributed by atoms with Crippen LogP contribution in [0.25, 0.3) is 10.2 Å². The number of carbonyl (C=O) groups is 1. The summed E-state index contributed by atoms with van der Waals surface area (Å²) in [5.41, 5.74) is 1.16. The molecular formula is C18H22N2O3S2. The van der Waals surface area contributed by atoms with Crippen LogP contribution in [-0.4, -0.2) is 27.9 Å². The van der Waals surface area contributed by atoms with Crippen molar-refractivity contribution in [2.24, 2.45) is 0 Å². The first-order valence-electron chi connectivity index (χ1n) is 8.47. The number of thiophene rings is 1. The molecule has 0 aliphatic heterocycles. The van der Waals surface area contributed by atoms with Crippen LogP contribution in [0, 0.1) is 0 Å². The molecule has 25 heavy (non-hydrogen) atoms. The third-order valence-electron chi connectivity index (χ3n) is 4.42. The highest BCUT2D eigenvalue weighted by Gasteiger charge is 2.23. The lowest BCUT2D eigenvalue weighted by Gasteiger charge is -2.13. The fraction of sp³-hybridized carbons (Fsp3) is 0.500. The average molecular weight is 379 g/mol. The van der Waals surface area contributed by atoms with Crippen LogP contribution in [-0.2, 0) is 28.9 Å². The third-order valence-corrected chi connectivity index (χ3v) is 6.67. The number of methoxy groups -OCH3 is 1. The number of carbonyl (C=O) groups excluding carboxylic acids is 1. The quantitative estimate of drug-likeness (QED) is 0.262. The molecule has 0 amide bonds. The number of ether oxygens (including phenoxy) is 1. The van der Waals surface area contributed by atoms with E-state index in [1.165, 1.54) is 42.2 Å². The van der Waals surface area contributed by atoms with Crippen molar-refractivity contribution in [1.82, 2.24) is 9.55 Å². The summed E-state index contributed by atoms with van der Waals surface area (Å²) in [4.78, 5) is 31.7.